The van der Waals surface area contributed by atoms with Crippen molar-refractivity contribution < 1.29 is 14.3 Å². The van der Waals surface area contributed by atoms with Crippen LogP contribution >= 0.6 is 11.6 Å². The van der Waals surface area contributed by atoms with Gasteiger partial charge >= 0.3 is 6.03 Å². The lowest BCUT2D eigenvalue weighted by Gasteiger charge is -2.13. The maximum atomic E-state index is 11.9. The second-order valence-electron chi connectivity index (χ2n) is 5.26. The number of amides is 2. The van der Waals surface area contributed by atoms with Crippen LogP contribution < -0.4 is 20.1 Å². The summed E-state index contributed by atoms with van der Waals surface area (Å²) in [7, 11) is 0. The Morgan fingerprint density at radius 1 is 1.04 bits per heavy atom. The lowest BCUT2D eigenvalue weighted by atomic mass is 10.1. The number of carbonyl (C=O) groups excluding carboxylic acids is 1. The topological polar surface area (TPSA) is 59.6 Å². The SMILES string of the molecule is CCOc1ccc(CCNC(=O)Nc2ccccc2Cl)cc1OCC. The Kier molecular flexibility index (Phi) is 7.41. The van der Waals surface area contributed by atoms with Gasteiger partial charge in [-0.2, -0.15) is 0 Å². The second-order valence-corrected chi connectivity index (χ2v) is 5.67. The van der Waals surface area contributed by atoms with Crippen molar-refractivity contribution in [3.8, 4) is 11.5 Å². The van der Waals surface area contributed by atoms with Crippen LogP contribution in [0.3, 0.4) is 0 Å². The van der Waals surface area contributed by atoms with E-state index in [1.54, 1.807) is 12.1 Å². The minimum atomic E-state index is -0.288. The van der Waals surface area contributed by atoms with Gasteiger partial charge in [0.25, 0.3) is 0 Å². The van der Waals surface area contributed by atoms with Gasteiger partial charge in [-0.1, -0.05) is 29.8 Å². The van der Waals surface area contributed by atoms with Crippen LogP contribution in [0.4, 0.5) is 10.5 Å². The van der Waals surface area contributed by atoms with Crippen LogP contribution in [-0.4, -0.2) is 25.8 Å². The Morgan fingerprint density at radius 3 is 2.48 bits per heavy atom. The summed E-state index contributed by atoms with van der Waals surface area (Å²) in [6.45, 7) is 5.52. The molecule has 0 fully saturated rings. The molecule has 0 aliphatic heterocycles. The Morgan fingerprint density at radius 2 is 1.76 bits per heavy atom. The van der Waals surface area contributed by atoms with Crippen LogP contribution in [0.2, 0.25) is 5.02 Å². The van der Waals surface area contributed by atoms with Gasteiger partial charge < -0.3 is 20.1 Å². The maximum Gasteiger partial charge on any atom is 0.319 e. The third-order valence-electron chi connectivity index (χ3n) is 3.43. The fourth-order valence-electron chi connectivity index (χ4n) is 2.30. The molecular formula is C19H23ClN2O3. The fraction of sp³-hybridized carbons (Fsp3) is 0.316. The Balaban J connectivity index is 1.87. The predicted octanol–water partition coefficient (Wildman–Crippen LogP) is 4.50. The normalized spacial score (nSPS) is 10.2. The van der Waals surface area contributed by atoms with Crippen molar-refractivity contribution >= 4 is 23.3 Å². The number of urea groups is 1. The molecule has 134 valence electrons. The van der Waals surface area contributed by atoms with Crippen molar-refractivity contribution in [2.75, 3.05) is 25.1 Å². The Hall–Kier alpha value is -2.40. The highest BCUT2D eigenvalue weighted by atomic mass is 35.5. The highest BCUT2D eigenvalue weighted by molar-refractivity contribution is 6.33. The van der Waals surface area contributed by atoms with E-state index in [2.05, 4.69) is 10.6 Å². The van der Waals surface area contributed by atoms with Gasteiger partial charge in [0.05, 0.1) is 23.9 Å². The molecule has 0 saturated carbocycles. The molecule has 0 bridgehead atoms. The number of hydrogen-bond acceptors (Lipinski definition) is 3. The number of rotatable bonds is 8. The fourth-order valence-corrected chi connectivity index (χ4v) is 2.48. The average Bonchev–Trinajstić information content (AvgIpc) is 2.59. The minimum Gasteiger partial charge on any atom is -0.490 e. The summed E-state index contributed by atoms with van der Waals surface area (Å²) >= 11 is 6.02. The van der Waals surface area contributed by atoms with Crippen molar-refractivity contribution in [3.05, 3.63) is 53.1 Å². The van der Waals surface area contributed by atoms with Crippen molar-refractivity contribution in [2.24, 2.45) is 0 Å². The third-order valence-corrected chi connectivity index (χ3v) is 3.76. The number of anilines is 1. The van der Waals surface area contributed by atoms with Gasteiger partial charge in [0.1, 0.15) is 0 Å². The molecule has 0 saturated heterocycles. The summed E-state index contributed by atoms with van der Waals surface area (Å²) in [6.07, 6.45) is 0.683. The van der Waals surface area contributed by atoms with E-state index < -0.39 is 0 Å². The predicted molar refractivity (Wildman–Crippen MR) is 101 cm³/mol. The molecule has 5 nitrogen and oxygen atoms in total. The van der Waals surface area contributed by atoms with Gasteiger partial charge in [-0.3, -0.25) is 0 Å². The molecule has 0 heterocycles. The average molecular weight is 363 g/mol. The number of para-hydroxylation sites is 1. The summed E-state index contributed by atoms with van der Waals surface area (Å²) < 4.78 is 11.2. The number of ether oxygens (including phenoxy) is 2. The van der Waals surface area contributed by atoms with E-state index in [-0.39, 0.29) is 6.03 Å². The molecular weight excluding hydrogens is 340 g/mol. The van der Waals surface area contributed by atoms with E-state index in [0.717, 1.165) is 17.1 Å². The Labute approximate surface area is 153 Å². The highest BCUT2D eigenvalue weighted by Gasteiger charge is 2.07. The van der Waals surface area contributed by atoms with E-state index in [4.69, 9.17) is 21.1 Å². The van der Waals surface area contributed by atoms with Crippen LogP contribution in [0, 0.1) is 0 Å². The number of carbonyl (C=O) groups is 1. The van der Waals surface area contributed by atoms with Crippen LogP contribution in [0.1, 0.15) is 19.4 Å². The minimum absolute atomic E-state index is 0.288. The molecule has 2 aromatic carbocycles. The van der Waals surface area contributed by atoms with Crippen molar-refractivity contribution in [1.82, 2.24) is 5.32 Å². The van der Waals surface area contributed by atoms with Crippen LogP contribution in [0.25, 0.3) is 0 Å². The first kappa shape index (κ1) is 18.9. The number of hydrogen-bond donors (Lipinski definition) is 2. The van der Waals surface area contributed by atoms with Gasteiger partial charge in [0, 0.05) is 6.54 Å². The summed E-state index contributed by atoms with van der Waals surface area (Å²) in [5.74, 6) is 1.46. The van der Waals surface area contributed by atoms with Gasteiger partial charge in [-0.15, -0.1) is 0 Å². The van der Waals surface area contributed by atoms with E-state index in [1.807, 2.05) is 44.2 Å². The lowest BCUT2D eigenvalue weighted by molar-refractivity contribution is 0.252. The zero-order valence-electron chi connectivity index (χ0n) is 14.5. The van der Waals surface area contributed by atoms with Crippen molar-refractivity contribution in [3.63, 3.8) is 0 Å². The van der Waals surface area contributed by atoms with Gasteiger partial charge in [0.2, 0.25) is 0 Å². The zero-order valence-corrected chi connectivity index (χ0v) is 15.2. The summed E-state index contributed by atoms with van der Waals surface area (Å²) in [5, 5.41) is 6.05. The molecule has 2 amide bonds. The molecule has 25 heavy (non-hydrogen) atoms. The molecule has 0 aromatic heterocycles. The molecule has 2 aromatic rings. The van der Waals surface area contributed by atoms with E-state index in [9.17, 15) is 4.79 Å². The summed E-state index contributed by atoms with van der Waals surface area (Å²) in [4.78, 5) is 11.9. The lowest BCUT2D eigenvalue weighted by Crippen LogP contribution is -2.30. The van der Waals surface area contributed by atoms with Crippen molar-refractivity contribution in [2.45, 2.75) is 20.3 Å². The van der Waals surface area contributed by atoms with E-state index >= 15 is 0 Å². The van der Waals surface area contributed by atoms with E-state index in [1.165, 1.54) is 0 Å². The highest BCUT2D eigenvalue weighted by Crippen LogP contribution is 2.28. The summed E-state index contributed by atoms with van der Waals surface area (Å²) in [5.41, 5.74) is 1.64. The molecule has 2 rings (SSSR count). The molecule has 0 aliphatic carbocycles. The largest absolute Gasteiger partial charge is 0.490 e. The zero-order chi connectivity index (χ0) is 18.1. The number of halogens is 1. The second kappa shape index (κ2) is 9.79. The number of nitrogens with one attached hydrogen (secondary N) is 2. The molecule has 0 radical (unpaired) electrons. The first-order valence-electron chi connectivity index (χ1n) is 8.32. The third kappa shape index (κ3) is 5.87. The first-order valence-corrected chi connectivity index (χ1v) is 8.69. The van der Waals surface area contributed by atoms with Crippen LogP contribution in [0.15, 0.2) is 42.5 Å². The molecule has 0 aliphatic rings. The smallest absolute Gasteiger partial charge is 0.319 e. The number of benzene rings is 2. The van der Waals surface area contributed by atoms with E-state index in [0.29, 0.717) is 36.9 Å². The standard InChI is InChI=1S/C19H23ClN2O3/c1-3-24-17-10-9-14(13-18(17)25-4-2)11-12-21-19(23)22-16-8-6-5-7-15(16)20/h5-10,13H,3-4,11-12H2,1-2H3,(H2,21,22,23). The molecule has 0 spiro atoms. The molecule has 0 atom stereocenters. The van der Waals surface area contributed by atoms with Crippen LogP contribution in [0.5, 0.6) is 11.5 Å². The maximum absolute atomic E-state index is 11.9. The summed E-state index contributed by atoms with van der Waals surface area (Å²) in [6, 6.07) is 12.6. The molecule has 2 N–H and O–H groups in total. The quantitative estimate of drug-likeness (QED) is 0.726. The van der Waals surface area contributed by atoms with Gasteiger partial charge in [-0.25, -0.2) is 4.79 Å². The van der Waals surface area contributed by atoms with Gasteiger partial charge in [-0.05, 0) is 50.1 Å². The molecule has 6 heteroatoms. The first-order chi connectivity index (χ1) is 12.1. The van der Waals surface area contributed by atoms with Crippen LogP contribution in [-0.2, 0) is 6.42 Å². The van der Waals surface area contributed by atoms with Crippen molar-refractivity contribution in [1.29, 1.82) is 0 Å². The van der Waals surface area contributed by atoms with Gasteiger partial charge in [0.15, 0.2) is 11.5 Å². The molecule has 0 unspecified atom stereocenters. The monoisotopic (exact) mass is 362 g/mol. The Bertz CT molecular complexity index is 707.